The number of nitrogens with one attached hydrogen (secondary N) is 1. The average Bonchev–Trinajstić information content (AvgIpc) is 3.07. The molecule has 8 nitrogen and oxygen atoms in total. The number of hydrogen-bond donors (Lipinski definition) is 1. The van der Waals surface area contributed by atoms with Crippen molar-refractivity contribution in [3.05, 3.63) is 29.8 Å². The third-order valence-electron chi connectivity index (χ3n) is 3.74. The molecule has 1 aromatic rings. The van der Waals surface area contributed by atoms with E-state index in [1.54, 1.807) is 24.3 Å². The van der Waals surface area contributed by atoms with Gasteiger partial charge in [-0.25, -0.2) is 9.59 Å². The summed E-state index contributed by atoms with van der Waals surface area (Å²) in [5.41, 5.74) is 0.719. The summed E-state index contributed by atoms with van der Waals surface area (Å²) in [4.78, 5) is 36.6. The molecule has 0 radical (unpaired) electrons. The maximum Gasteiger partial charge on any atom is 0.331 e. The predicted octanol–water partition coefficient (Wildman–Crippen LogP) is 1.98. The van der Waals surface area contributed by atoms with Crippen molar-refractivity contribution >= 4 is 24.0 Å². The first-order chi connectivity index (χ1) is 13.0. The second-order valence-corrected chi connectivity index (χ2v) is 5.71. The van der Waals surface area contributed by atoms with E-state index in [0.29, 0.717) is 31.3 Å². The number of hydrogen-bond acceptors (Lipinski definition) is 6. The summed E-state index contributed by atoms with van der Waals surface area (Å²) < 4.78 is 16.1. The van der Waals surface area contributed by atoms with Crippen molar-refractivity contribution in [2.45, 2.75) is 26.9 Å². The van der Waals surface area contributed by atoms with Crippen molar-refractivity contribution < 1.29 is 28.6 Å². The first kappa shape index (κ1) is 20.3. The van der Waals surface area contributed by atoms with Gasteiger partial charge in [-0.2, -0.15) is 0 Å². The molecule has 1 aliphatic rings. The average molecular weight is 376 g/mol. The topological polar surface area (TPSA) is 94.2 Å². The van der Waals surface area contributed by atoms with Crippen molar-refractivity contribution in [1.29, 1.82) is 0 Å². The van der Waals surface area contributed by atoms with Crippen LogP contribution < -0.4 is 14.8 Å². The zero-order chi connectivity index (χ0) is 19.8. The lowest BCUT2D eigenvalue weighted by Crippen LogP contribution is -2.41. The molecule has 0 spiro atoms. The van der Waals surface area contributed by atoms with Crippen LogP contribution in [0.1, 0.15) is 26.3 Å². The number of carbonyl (C=O) groups excluding carboxylic acids is 3. The lowest BCUT2D eigenvalue weighted by molar-refractivity contribution is -0.153. The minimum absolute atomic E-state index is 0.266. The van der Waals surface area contributed by atoms with Crippen LogP contribution in [0.15, 0.2) is 24.3 Å². The van der Waals surface area contributed by atoms with Gasteiger partial charge < -0.3 is 19.5 Å². The van der Waals surface area contributed by atoms with Crippen LogP contribution in [0.3, 0.4) is 0 Å². The molecule has 1 N–H and O–H groups in total. The lowest BCUT2D eigenvalue weighted by Gasteiger charge is -2.17. The van der Waals surface area contributed by atoms with Crippen molar-refractivity contribution in [1.82, 2.24) is 10.2 Å². The van der Waals surface area contributed by atoms with Gasteiger partial charge in [-0.05, 0) is 44.5 Å². The number of amides is 3. The lowest BCUT2D eigenvalue weighted by atomic mass is 10.2. The first-order valence-corrected chi connectivity index (χ1v) is 8.83. The van der Waals surface area contributed by atoms with E-state index in [0.717, 1.165) is 10.5 Å². The number of nitrogens with zero attached hydrogens (tertiary/aromatic N) is 1. The molecule has 0 aromatic heterocycles. The number of rotatable bonds is 8. The Kier molecular flexibility index (Phi) is 7.22. The van der Waals surface area contributed by atoms with Crippen molar-refractivity contribution in [2.24, 2.45) is 0 Å². The molecular weight excluding hydrogens is 352 g/mol. The highest BCUT2D eigenvalue weighted by atomic mass is 16.5. The van der Waals surface area contributed by atoms with Gasteiger partial charge in [-0.1, -0.05) is 6.07 Å². The van der Waals surface area contributed by atoms with Crippen LogP contribution in [0.2, 0.25) is 0 Å². The van der Waals surface area contributed by atoms with Crippen LogP contribution >= 0.6 is 0 Å². The molecule has 0 bridgehead atoms. The Balaban J connectivity index is 1.98. The minimum atomic E-state index is -1.05. The van der Waals surface area contributed by atoms with Gasteiger partial charge >= 0.3 is 12.0 Å². The molecule has 1 fully saturated rings. The molecule has 0 aliphatic carbocycles. The van der Waals surface area contributed by atoms with E-state index in [4.69, 9.17) is 14.2 Å². The molecule has 8 heteroatoms. The summed E-state index contributed by atoms with van der Waals surface area (Å²) in [7, 11) is 0. The molecule has 1 heterocycles. The number of urea groups is 1. The molecule has 3 amide bonds. The highest BCUT2D eigenvalue weighted by Crippen LogP contribution is 2.29. The van der Waals surface area contributed by atoms with Gasteiger partial charge in [-0.15, -0.1) is 0 Å². The Labute approximate surface area is 158 Å². The van der Waals surface area contributed by atoms with Crippen molar-refractivity contribution in [2.75, 3.05) is 26.3 Å². The van der Waals surface area contributed by atoms with Gasteiger partial charge in [0.1, 0.15) is 0 Å². The van der Waals surface area contributed by atoms with Crippen LogP contribution in [0.5, 0.6) is 11.5 Å². The zero-order valence-corrected chi connectivity index (χ0v) is 15.7. The summed E-state index contributed by atoms with van der Waals surface area (Å²) in [6.07, 6.45) is 1.73. The van der Waals surface area contributed by atoms with E-state index in [1.807, 2.05) is 13.8 Å². The van der Waals surface area contributed by atoms with Gasteiger partial charge in [0.05, 0.1) is 13.2 Å². The summed E-state index contributed by atoms with van der Waals surface area (Å²) in [5.74, 6) is -0.0191. The monoisotopic (exact) mass is 376 g/mol. The van der Waals surface area contributed by atoms with Crippen LogP contribution in [0.4, 0.5) is 4.79 Å². The molecule has 27 heavy (non-hydrogen) atoms. The molecule has 0 saturated carbocycles. The van der Waals surface area contributed by atoms with E-state index in [2.05, 4.69) is 5.32 Å². The van der Waals surface area contributed by atoms with E-state index >= 15 is 0 Å². The van der Waals surface area contributed by atoms with Crippen LogP contribution in [-0.4, -0.2) is 55.2 Å². The fraction of sp³-hybridized carbons (Fsp3) is 0.421. The number of esters is 1. The number of benzene rings is 1. The fourth-order valence-corrected chi connectivity index (χ4v) is 2.50. The molecule has 1 aliphatic heterocycles. The summed E-state index contributed by atoms with van der Waals surface area (Å²) in [6, 6.07) is 4.82. The Hall–Kier alpha value is -3.03. The normalized spacial score (nSPS) is 14.8. The van der Waals surface area contributed by atoms with E-state index in [-0.39, 0.29) is 6.54 Å². The number of ether oxygens (including phenoxy) is 3. The quantitative estimate of drug-likeness (QED) is 0.551. The zero-order valence-electron chi connectivity index (χ0n) is 15.7. The standard InChI is InChI=1S/C19H24N2O6/c1-4-25-15-8-6-14(12-16(15)26-5-2)7-9-17(22)27-13(3)18(23)21-11-10-20-19(21)24/h6-9,12-13H,4-5,10-11H2,1-3H3,(H,20,24)/b9-7+/t13-/m0/s1. The molecule has 1 saturated heterocycles. The highest BCUT2D eigenvalue weighted by molar-refractivity contribution is 5.99. The van der Waals surface area contributed by atoms with Gasteiger partial charge in [0.2, 0.25) is 0 Å². The van der Waals surface area contributed by atoms with Gasteiger partial charge in [0, 0.05) is 19.2 Å². The Morgan fingerprint density at radius 3 is 2.56 bits per heavy atom. The van der Waals surface area contributed by atoms with Gasteiger partial charge in [-0.3, -0.25) is 9.69 Å². The van der Waals surface area contributed by atoms with Crippen LogP contribution in [-0.2, 0) is 14.3 Å². The van der Waals surface area contributed by atoms with E-state index < -0.39 is 24.0 Å². The number of carbonyl (C=O) groups is 3. The van der Waals surface area contributed by atoms with Crippen molar-refractivity contribution in [3.8, 4) is 11.5 Å². The fourth-order valence-electron chi connectivity index (χ4n) is 2.50. The van der Waals surface area contributed by atoms with Gasteiger partial charge in [0.25, 0.3) is 5.91 Å². The summed E-state index contributed by atoms with van der Waals surface area (Å²) in [5, 5.41) is 2.52. The van der Waals surface area contributed by atoms with Gasteiger partial charge in [0.15, 0.2) is 17.6 Å². The second-order valence-electron chi connectivity index (χ2n) is 5.71. The Bertz CT molecular complexity index is 731. The van der Waals surface area contributed by atoms with E-state index in [1.165, 1.54) is 13.0 Å². The predicted molar refractivity (Wildman–Crippen MR) is 98.5 cm³/mol. The summed E-state index contributed by atoms with van der Waals surface area (Å²) >= 11 is 0. The summed E-state index contributed by atoms with van der Waals surface area (Å²) in [6.45, 7) is 6.85. The molecule has 146 valence electrons. The SMILES string of the molecule is CCOc1ccc(/C=C/C(=O)O[C@@H](C)C(=O)N2CCNC2=O)cc1OCC. The van der Waals surface area contributed by atoms with E-state index in [9.17, 15) is 14.4 Å². The molecular formula is C19H24N2O6. The molecule has 0 unspecified atom stereocenters. The maximum absolute atomic E-state index is 12.1. The third kappa shape index (κ3) is 5.47. The Morgan fingerprint density at radius 2 is 1.93 bits per heavy atom. The molecule has 1 atom stereocenters. The second kappa shape index (κ2) is 9.61. The Morgan fingerprint density at radius 1 is 1.22 bits per heavy atom. The molecule has 2 rings (SSSR count). The highest BCUT2D eigenvalue weighted by Gasteiger charge is 2.31. The van der Waals surface area contributed by atoms with Crippen LogP contribution in [0, 0.1) is 0 Å². The minimum Gasteiger partial charge on any atom is -0.490 e. The molecule has 1 aromatic carbocycles. The van der Waals surface area contributed by atoms with Crippen LogP contribution in [0.25, 0.3) is 6.08 Å². The first-order valence-electron chi connectivity index (χ1n) is 8.83. The number of imide groups is 1. The smallest absolute Gasteiger partial charge is 0.331 e. The maximum atomic E-state index is 12.1. The van der Waals surface area contributed by atoms with Crippen molar-refractivity contribution in [3.63, 3.8) is 0 Å². The third-order valence-corrected chi connectivity index (χ3v) is 3.74. The largest absolute Gasteiger partial charge is 0.490 e.